The first-order valence-electron chi connectivity index (χ1n) is 23.8. The molecule has 10 aromatic carbocycles. The zero-order valence-corrected chi connectivity index (χ0v) is 41.8. The van der Waals surface area contributed by atoms with Crippen LogP contribution in [-0.4, -0.2) is 23.6 Å². The molecular weight excluding hydrogens is 995 g/mol. The van der Waals surface area contributed by atoms with Crippen LogP contribution in [0.5, 0.6) is 0 Å². The number of carbonyl (C=O) groups excluding carboxylic acids is 4. The second-order valence-corrected chi connectivity index (χ2v) is 19.7. The predicted molar refractivity (Wildman–Crippen MR) is 304 cm³/mol. The van der Waals surface area contributed by atoms with E-state index in [2.05, 4.69) is 6.07 Å². The maximum absolute atomic E-state index is 15.0. The number of rotatable bonds is 9. The van der Waals surface area contributed by atoms with Crippen LogP contribution >= 0.6 is 34.8 Å². The smallest absolute Gasteiger partial charge is 0.266 e. The van der Waals surface area contributed by atoms with Gasteiger partial charge in [0.1, 0.15) is 0 Å². The number of halogens is 3. The van der Waals surface area contributed by atoms with Gasteiger partial charge in [-0.05, 0) is 182 Å². The monoisotopic (exact) mass is 1030 g/mol. The zero-order chi connectivity index (χ0) is 51.6. The average molecular weight is 1030 g/mol. The first-order chi connectivity index (χ1) is 36.4. The SMILES string of the molecule is Nc1ccc(-c2ccc3c(c2)C(=O)N(c2ccc(-c4ccc(-c5cc(-c6ccc(Cl)cc6)c(N6C(=O)c7ccc(-c8ccc(N)cc8)cc7C6=O)c(-c6ccc(Cl)cc6)c5)c(-c5ccc(Cl)cc5)c4)cc2)C3=O)cc1. The summed E-state index contributed by atoms with van der Waals surface area (Å²) in [6.45, 7) is 0. The Labute approximate surface area is 446 Å². The topological polar surface area (TPSA) is 127 Å². The van der Waals surface area contributed by atoms with E-state index in [9.17, 15) is 19.2 Å². The van der Waals surface area contributed by atoms with E-state index in [1.165, 1.54) is 9.80 Å². The molecule has 12 rings (SSSR count). The van der Waals surface area contributed by atoms with Gasteiger partial charge in [-0.3, -0.25) is 19.2 Å². The van der Waals surface area contributed by atoms with Crippen molar-refractivity contribution in [3.05, 3.63) is 250 Å². The quantitative estimate of drug-likeness (QED) is 0.110. The lowest BCUT2D eigenvalue weighted by atomic mass is 9.86. The maximum Gasteiger partial charge on any atom is 0.266 e. The molecule has 0 aromatic heterocycles. The van der Waals surface area contributed by atoms with Gasteiger partial charge in [-0.15, -0.1) is 0 Å². The van der Waals surface area contributed by atoms with Gasteiger partial charge in [-0.1, -0.05) is 132 Å². The Bertz CT molecular complexity index is 3930. The van der Waals surface area contributed by atoms with E-state index in [0.29, 0.717) is 60.1 Å². The van der Waals surface area contributed by atoms with Crippen LogP contribution in [0.1, 0.15) is 41.4 Å². The minimum absolute atomic E-state index is 0.281. The van der Waals surface area contributed by atoms with Crippen molar-refractivity contribution >= 4 is 81.2 Å². The fourth-order valence-electron chi connectivity index (χ4n) is 10.0. The largest absolute Gasteiger partial charge is 0.399 e. The zero-order valence-electron chi connectivity index (χ0n) is 39.5. The third kappa shape index (κ3) is 8.51. The number of anilines is 4. The highest BCUT2D eigenvalue weighted by Crippen LogP contribution is 2.48. The molecule has 0 unspecified atom stereocenters. The molecule has 4 N–H and O–H groups in total. The van der Waals surface area contributed by atoms with Crippen LogP contribution in [0.3, 0.4) is 0 Å². The average Bonchev–Trinajstić information content (AvgIpc) is 3.87. The van der Waals surface area contributed by atoms with Gasteiger partial charge in [0.05, 0.1) is 33.6 Å². The Morgan fingerprint density at radius 1 is 0.253 bits per heavy atom. The number of hydrogen-bond donors (Lipinski definition) is 2. The van der Waals surface area contributed by atoms with Crippen LogP contribution in [0.4, 0.5) is 22.7 Å². The summed E-state index contributed by atoms with van der Waals surface area (Å²) in [6, 6.07) is 65.0. The summed E-state index contributed by atoms with van der Waals surface area (Å²) in [7, 11) is 0. The van der Waals surface area contributed by atoms with Crippen molar-refractivity contribution in [2.24, 2.45) is 0 Å². The lowest BCUT2D eigenvalue weighted by molar-refractivity contribution is 0.0910. The van der Waals surface area contributed by atoms with Crippen LogP contribution in [-0.2, 0) is 0 Å². The number of nitrogens with zero attached hydrogens (tertiary/aromatic N) is 2. The molecule has 4 amide bonds. The van der Waals surface area contributed by atoms with Gasteiger partial charge in [0.2, 0.25) is 0 Å². The number of benzene rings is 10. The molecule has 10 aromatic rings. The standard InChI is InChI=1S/C64H39Cl3N4O4/c65-46-16-1-39(2-17-46)55-31-42(38-11-26-51(27-12-38)70-61(72)53-29-14-43(32-58(53)63(70)74)36-7-22-49(68)23-8-36)13-28-52(55)45-34-56(40-3-18-47(66)19-4-40)60(57(35-45)41-5-20-48(67)21-6-41)71-62(73)54-30-15-44(33-59(54)64(71)75)37-9-24-50(69)25-10-37/h1-35H,68-69H2. The Kier molecular flexibility index (Phi) is 11.8. The lowest BCUT2D eigenvalue weighted by Gasteiger charge is -2.25. The molecule has 75 heavy (non-hydrogen) atoms. The molecule has 2 heterocycles. The Balaban J connectivity index is 0.973. The molecule has 0 radical (unpaired) electrons. The molecule has 0 bridgehead atoms. The highest BCUT2D eigenvalue weighted by Gasteiger charge is 2.40. The molecule has 0 atom stereocenters. The first-order valence-corrected chi connectivity index (χ1v) is 25.0. The normalized spacial score (nSPS) is 12.9. The number of fused-ring (bicyclic) bond motifs is 2. The van der Waals surface area contributed by atoms with Crippen LogP contribution in [0, 0.1) is 0 Å². The third-order valence-electron chi connectivity index (χ3n) is 13.8. The molecule has 0 aliphatic carbocycles. The summed E-state index contributed by atoms with van der Waals surface area (Å²) < 4.78 is 0. The molecule has 11 heteroatoms. The predicted octanol–water partition coefficient (Wildman–Crippen LogP) is 16.1. The number of amides is 4. The van der Waals surface area contributed by atoms with Gasteiger partial charge in [0, 0.05) is 37.6 Å². The van der Waals surface area contributed by atoms with Crippen molar-refractivity contribution in [1.29, 1.82) is 0 Å². The van der Waals surface area contributed by atoms with Gasteiger partial charge in [0.15, 0.2) is 0 Å². The molecule has 0 saturated heterocycles. The molecular formula is C64H39Cl3N4O4. The summed E-state index contributed by atoms with van der Waals surface area (Å²) in [5.74, 6) is -1.72. The summed E-state index contributed by atoms with van der Waals surface area (Å²) in [5, 5.41) is 1.61. The van der Waals surface area contributed by atoms with E-state index in [0.717, 1.165) is 66.8 Å². The molecule has 0 fully saturated rings. The first kappa shape index (κ1) is 47.0. The minimum atomic E-state index is -0.464. The van der Waals surface area contributed by atoms with E-state index >= 15 is 0 Å². The van der Waals surface area contributed by atoms with E-state index in [1.54, 1.807) is 84.9 Å². The fourth-order valence-corrected chi connectivity index (χ4v) is 10.4. The second kappa shape index (κ2) is 18.8. The van der Waals surface area contributed by atoms with Crippen molar-refractivity contribution < 1.29 is 19.2 Å². The molecule has 0 saturated carbocycles. The molecule has 360 valence electrons. The molecule has 2 aliphatic rings. The highest BCUT2D eigenvalue weighted by molar-refractivity contribution is 6.37. The Hall–Kier alpha value is -9.05. The van der Waals surface area contributed by atoms with Crippen molar-refractivity contribution in [2.75, 3.05) is 21.3 Å². The Morgan fingerprint density at radius 2 is 0.547 bits per heavy atom. The van der Waals surface area contributed by atoms with Crippen molar-refractivity contribution in [2.45, 2.75) is 0 Å². The van der Waals surface area contributed by atoms with E-state index in [4.69, 9.17) is 46.3 Å². The van der Waals surface area contributed by atoms with Crippen molar-refractivity contribution in [3.8, 4) is 77.9 Å². The fraction of sp³-hybridized carbons (Fsp3) is 0. The summed E-state index contributed by atoms with van der Waals surface area (Å²) >= 11 is 19.5. The van der Waals surface area contributed by atoms with Gasteiger partial charge < -0.3 is 11.5 Å². The Morgan fingerprint density at radius 3 is 0.973 bits per heavy atom. The number of nitrogens with two attached hydrogens (primary N) is 2. The second-order valence-electron chi connectivity index (χ2n) is 18.4. The van der Waals surface area contributed by atoms with Crippen LogP contribution in [0.25, 0.3) is 77.9 Å². The minimum Gasteiger partial charge on any atom is -0.399 e. The number of hydrogen-bond acceptors (Lipinski definition) is 6. The van der Waals surface area contributed by atoms with Crippen LogP contribution < -0.4 is 21.3 Å². The van der Waals surface area contributed by atoms with Crippen molar-refractivity contribution in [3.63, 3.8) is 0 Å². The van der Waals surface area contributed by atoms with E-state index in [1.807, 2.05) is 121 Å². The summed E-state index contributed by atoms with van der Waals surface area (Å²) in [5.41, 5.74) is 26.3. The molecule has 8 nitrogen and oxygen atoms in total. The van der Waals surface area contributed by atoms with E-state index in [-0.39, 0.29) is 11.1 Å². The van der Waals surface area contributed by atoms with E-state index < -0.39 is 23.6 Å². The van der Waals surface area contributed by atoms with Gasteiger partial charge in [-0.2, -0.15) is 0 Å². The highest BCUT2D eigenvalue weighted by atomic mass is 35.5. The number of imide groups is 2. The number of carbonyl (C=O) groups is 4. The summed E-state index contributed by atoms with van der Waals surface area (Å²) in [4.78, 5) is 60.0. The van der Waals surface area contributed by atoms with Gasteiger partial charge in [0.25, 0.3) is 23.6 Å². The molecule has 0 spiro atoms. The van der Waals surface area contributed by atoms with Gasteiger partial charge >= 0.3 is 0 Å². The maximum atomic E-state index is 15.0. The summed E-state index contributed by atoms with van der Waals surface area (Å²) in [6.07, 6.45) is 0. The molecule has 2 aliphatic heterocycles. The lowest BCUT2D eigenvalue weighted by Crippen LogP contribution is -2.30. The van der Waals surface area contributed by atoms with Crippen LogP contribution in [0.2, 0.25) is 15.1 Å². The van der Waals surface area contributed by atoms with Crippen molar-refractivity contribution in [1.82, 2.24) is 0 Å². The third-order valence-corrected chi connectivity index (χ3v) is 14.6. The van der Waals surface area contributed by atoms with Crippen LogP contribution in [0.15, 0.2) is 212 Å². The van der Waals surface area contributed by atoms with Gasteiger partial charge in [-0.25, -0.2) is 9.80 Å². The number of nitrogen functional groups attached to an aromatic ring is 2.